The van der Waals surface area contributed by atoms with Crippen LogP contribution in [-0.2, 0) is 19.4 Å². The van der Waals surface area contributed by atoms with E-state index in [1.165, 1.54) is 0 Å². The number of nitro benzene ring substituents is 1. The Morgan fingerprint density at radius 1 is 1.27 bits per heavy atom. The van der Waals surface area contributed by atoms with Gasteiger partial charge in [-0.05, 0) is 18.1 Å². The molecule has 2 unspecified atom stereocenters. The maximum atomic E-state index is 12.8. The Labute approximate surface area is 150 Å². The van der Waals surface area contributed by atoms with E-state index in [0.29, 0.717) is 0 Å². The van der Waals surface area contributed by atoms with E-state index in [2.05, 4.69) is 0 Å². The van der Waals surface area contributed by atoms with Gasteiger partial charge in [0.05, 0.1) is 15.4 Å². The average Bonchev–Trinajstić information content (AvgIpc) is 2.51. The number of nitrogens with zero attached hydrogens (tertiary/aromatic N) is 1. The van der Waals surface area contributed by atoms with Gasteiger partial charge in [-0.25, -0.2) is 8.42 Å². The number of rotatable bonds is 4. The summed E-state index contributed by atoms with van der Waals surface area (Å²) in [5, 5.41) is 11.3. The second kappa shape index (κ2) is 6.39. The van der Waals surface area contributed by atoms with Crippen LogP contribution in [0.4, 0.5) is 5.69 Å². The predicted octanol–water partition coefficient (Wildman–Crippen LogP) is 2.00. The second-order valence-electron chi connectivity index (χ2n) is 7.16. The first-order valence-electron chi connectivity index (χ1n) is 7.88. The molecule has 140 valence electrons. The van der Waals surface area contributed by atoms with Gasteiger partial charge in [0.15, 0.2) is 27.2 Å². The van der Waals surface area contributed by atoms with Gasteiger partial charge >= 0.3 is 0 Å². The molecule has 2 atom stereocenters. The summed E-state index contributed by atoms with van der Waals surface area (Å²) in [5.41, 5.74) is -2.11. The van der Waals surface area contributed by atoms with Crippen molar-refractivity contribution in [3.05, 3.63) is 33.9 Å². The fourth-order valence-corrected chi connectivity index (χ4v) is 3.60. The van der Waals surface area contributed by atoms with Crippen LogP contribution < -0.4 is 0 Å². The highest BCUT2D eigenvalue weighted by molar-refractivity contribution is 7.90. The van der Waals surface area contributed by atoms with E-state index < -0.39 is 54.7 Å². The summed E-state index contributed by atoms with van der Waals surface area (Å²) in [6.45, 7) is 5.00. The molecule has 0 aliphatic heterocycles. The molecule has 1 saturated carbocycles. The summed E-state index contributed by atoms with van der Waals surface area (Å²) >= 11 is 0. The SMILES string of the molecule is CC1CC(=O)C(C(=O)c2ccc(S(C)(=O)=O)cc2[N+](=O)[O-])C(=O)C1(C)C. The van der Waals surface area contributed by atoms with Crippen LogP contribution in [0.5, 0.6) is 0 Å². The number of benzene rings is 1. The van der Waals surface area contributed by atoms with Crippen molar-refractivity contribution >= 4 is 32.9 Å². The van der Waals surface area contributed by atoms with Crippen molar-refractivity contribution in [2.75, 3.05) is 6.26 Å². The van der Waals surface area contributed by atoms with E-state index >= 15 is 0 Å². The lowest BCUT2D eigenvalue weighted by Gasteiger charge is -2.37. The zero-order valence-corrected chi connectivity index (χ0v) is 15.6. The third kappa shape index (κ3) is 3.31. The molecule has 0 aromatic heterocycles. The summed E-state index contributed by atoms with van der Waals surface area (Å²) in [7, 11) is -3.72. The van der Waals surface area contributed by atoms with Crippen LogP contribution >= 0.6 is 0 Å². The topological polar surface area (TPSA) is 128 Å². The maximum absolute atomic E-state index is 12.8. The number of hydrogen-bond acceptors (Lipinski definition) is 7. The van der Waals surface area contributed by atoms with Crippen molar-refractivity contribution in [2.45, 2.75) is 32.1 Å². The molecule has 1 aromatic carbocycles. The van der Waals surface area contributed by atoms with Crippen LogP contribution in [0.25, 0.3) is 0 Å². The number of carbonyl (C=O) groups excluding carboxylic acids is 3. The molecule has 1 fully saturated rings. The first-order chi connectivity index (χ1) is 11.8. The molecule has 0 heterocycles. The van der Waals surface area contributed by atoms with Gasteiger partial charge in [0.2, 0.25) is 0 Å². The van der Waals surface area contributed by atoms with E-state index in [0.717, 1.165) is 24.5 Å². The lowest BCUT2D eigenvalue weighted by molar-refractivity contribution is -0.385. The van der Waals surface area contributed by atoms with Crippen molar-refractivity contribution in [1.82, 2.24) is 0 Å². The standard InChI is InChI=1S/C17H19NO7S/c1-9-7-13(19)14(16(21)17(9,2)3)15(20)11-6-5-10(26(4,24)25)8-12(11)18(22)23/h5-6,8-9,14H,7H2,1-4H3. The Morgan fingerprint density at radius 3 is 2.35 bits per heavy atom. The molecule has 1 aromatic rings. The van der Waals surface area contributed by atoms with Crippen LogP contribution in [0.15, 0.2) is 23.1 Å². The molecular formula is C17H19NO7S. The minimum atomic E-state index is -3.72. The predicted molar refractivity (Wildman–Crippen MR) is 91.6 cm³/mol. The molecule has 0 bridgehead atoms. The lowest BCUT2D eigenvalue weighted by atomic mass is 9.63. The second-order valence-corrected chi connectivity index (χ2v) is 9.18. The minimum absolute atomic E-state index is 0.0182. The molecule has 0 saturated heterocycles. The average molecular weight is 381 g/mol. The van der Waals surface area contributed by atoms with Crippen LogP contribution in [0.3, 0.4) is 0 Å². The van der Waals surface area contributed by atoms with Crippen molar-refractivity contribution in [3.8, 4) is 0 Å². The summed E-state index contributed by atoms with van der Waals surface area (Å²) in [6, 6.07) is 2.82. The van der Waals surface area contributed by atoms with Gasteiger partial charge in [0, 0.05) is 24.2 Å². The fraction of sp³-hybridized carbons (Fsp3) is 0.471. The molecule has 0 spiro atoms. The van der Waals surface area contributed by atoms with Gasteiger partial charge in [-0.1, -0.05) is 20.8 Å². The molecule has 0 amide bonds. The van der Waals surface area contributed by atoms with E-state index in [-0.39, 0.29) is 17.2 Å². The highest BCUT2D eigenvalue weighted by Gasteiger charge is 2.50. The van der Waals surface area contributed by atoms with E-state index in [1.807, 2.05) is 0 Å². The normalized spacial score (nSPS) is 22.9. The van der Waals surface area contributed by atoms with Gasteiger partial charge < -0.3 is 0 Å². The Morgan fingerprint density at radius 2 is 1.85 bits per heavy atom. The van der Waals surface area contributed by atoms with Gasteiger partial charge in [0.25, 0.3) is 5.69 Å². The van der Waals surface area contributed by atoms with Gasteiger partial charge in [-0.2, -0.15) is 0 Å². The molecule has 0 radical (unpaired) electrons. The Hall–Kier alpha value is -2.42. The number of sulfone groups is 1. The summed E-state index contributed by atoms with van der Waals surface area (Å²) < 4.78 is 23.2. The van der Waals surface area contributed by atoms with Crippen molar-refractivity contribution < 1.29 is 27.7 Å². The summed E-state index contributed by atoms with van der Waals surface area (Å²) in [5.74, 6) is -3.98. The summed E-state index contributed by atoms with van der Waals surface area (Å²) in [6.07, 6.45) is 0.899. The summed E-state index contributed by atoms with van der Waals surface area (Å²) in [4.78, 5) is 47.9. The lowest BCUT2D eigenvalue weighted by Crippen LogP contribution is -2.49. The number of carbonyl (C=O) groups is 3. The highest BCUT2D eigenvalue weighted by Crippen LogP contribution is 2.40. The Balaban J connectivity index is 2.58. The molecule has 26 heavy (non-hydrogen) atoms. The van der Waals surface area contributed by atoms with Gasteiger partial charge in [0.1, 0.15) is 5.92 Å². The number of ketones is 3. The van der Waals surface area contributed by atoms with E-state index in [9.17, 15) is 32.9 Å². The zero-order valence-electron chi connectivity index (χ0n) is 14.8. The number of nitro groups is 1. The van der Waals surface area contributed by atoms with Crippen molar-refractivity contribution in [1.29, 1.82) is 0 Å². The smallest absolute Gasteiger partial charge is 0.281 e. The maximum Gasteiger partial charge on any atom is 0.281 e. The van der Waals surface area contributed by atoms with Crippen LogP contribution in [-0.4, -0.2) is 36.9 Å². The van der Waals surface area contributed by atoms with Crippen molar-refractivity contribution in [3.63, 3.8) is 0 Å². The van der Waals surface area contributed by atoms with Crippen LogP contribution in [0, 0.1) is 27.4 Å². The van der Waals surface area contributed by atoms with Gasteiger partial charge in [-0.15, -0.1) is 0 Å². The fourth-order valence-electron chi connectivity index (χ4n) is 2.96. The molecule has 2 rings (SSSR count). The molecule has 8 nitrogen and oxygen atoms in total. The van der Waals surface area contributed by atoms with Crippen molar-refractivity contribution in [2.24, 2.45) is 17.3 Å². The zero-order chi connectivity index (χ0) is 20.0. The molecule has 1 aliphatic carbocycles. The van der Waals surface area contributed by atoms with E-state index in [4.69, 9.17) is 0 Å². The van der Waals surface area contributed by atoms with Crippen LogP contribution in [0.1, 0.15) is 37.6 Å². The molecule has 1 aliphatic rings. The molecule has 0 N–H and O–H groups in total. The Kier molecular flexibility index (Phi) is 4.89. The third-order valence-corrected chi connectivity index (χ3v) is 6.19. The van der Waals surface area contributed by atoms with Crippen LogP contribution in [0.2, 0.25) is 0 Å². The number of hydrogen-bond donors (Lipinski definition) is 0. The first-order valence-corrected chi connectivity index (χ1v) is 9.77. The first kappa shape index (κ1) is 19.9. The molecular weight excluding hydrogens is 362 g/mol. The largest absolute Gasteiger partial charge is 0.298 e. The monoisotopic (exact) mass is 381 g/mol. The quantitative estimate of drug-likeness (QED) is 0.337. The Bertz CT molecular complexity index is 930. The molecule has 9 heteroatoms. The minimum Gasteiger partial charge on any atom is -0.298 e. The number of Topliss-reactive ketones (excluding diaryl/α,β-unsaturated/α-hetero) is 3. The van der Waals surface area contributed by atoms with E-state index in [1.54, 1.807) is 20.8 Å². The van der Waals surface area contributed by atoms with Gasteiger partial charge in [-0.3, -0.25) is 24.5 Å². The third-order valence-electron chi connectivity index (χ3n) is 5.08. The highest BCUT2D eigenvalue weighted by atomic mass is 32.2.